The Balaban J connectivity index is 2.37. The van der Waals surface area contributed by atoms with Crippen molar-refractivity contribution in [3.05, 3.63) is 45.0 Å². The minimum absolute atomic E-state index is 0.0668. The van der Waals surface area contributed by atoms with Crippen LogP contribution in [0.2, 0.25) is 15.2 Å². The third-order valence-electron chi connectivity index (χ3n) is 2.27. The molecular weight excluding hydrogens is 299 g/mol. The predicted molar refractivity (Wildman–Crippen MR) is 71.5 cm³/mol. The zero-order valence-corrected chi connectivity index (χ0v) is 11.4. The monoisotopic (exact) mass is 305 g/mol. The summed E-state index contributed by atoms with van der Waals surface area (Å²) in [7, 11) is 0. The predicted octanol–water partition coefficient (Wildman–Crippen LogP) is 4.63. The smallest absolute Gasteiger partial charge is 0.160 e. The van der Waals surface area contributed by atoms with E-state index < -0.39 is 5.82 Å². The molecule has 2 aromatic rings. The average molecular weight is 307 g/mol. The molecule has 1 aromatic carbocycles. The molecule has 0 fully saturated rings. The van der Waals surface area contributed by atoms with Gasteiger partial charge in [-0.25, -0.2) is 14.4 Å². The van der Waals surface area contributed by atoms with Crippen molar-refractivity contribution in [1.82, 2.24) is 9.97 Å². The Kier molecular flexibility index (Phi) is 3.90. The lowest BCUT2D eigenvalue weighted by atomic mass is 10.3. The number of aromatic nitrogens is 2. The topological polar surface area (TPSA) is 37.8 Å². The largest absolute Gasteiger partial charge is 0.340 e. The van der Waals surface area contributed by atoms with E-state index in [1.807, 2.05) is 0 Å². The first-order valence-electron chi connectivity index (χ1n) is 4.87. The molecule has 0 spiro atoms. The van der Waals surface area contributed by atoms with Crippen LogP contribution in [0.5, 0.6) is 0 Å². The molecule has 0 saturated carbocycles. The molecule has 0 aliphatic rings. The normalized spacial score (nSPS) is 10.5. The van der Waals surface area contributed by atoms with Crippen LogP contribution in [0.3, 0.4) is 0 Å². The van der Waals surface area contributed by atoms with E-state index >= 15 is 0 Å². The van der Waals surface area contributed by atoms with Crippen molar-refractivity contribution in [1.29, 1.82) is 0 Å². The van der Waals surface area contributed by atoms with Crippen molar-refractivity contribution in [3.8, 4) is 0 Å². The Bertz CT molecular complexity index is 581. The minimum atomic E-state index is -0.652. The van der Waals surface area contributed by atoms with Gasteiger partial charge in [-0.3, -0.25) is 0 Å². The van der Waals surface area contributed by atoms with Crippen molar-refractivity contribution >= 4 is 46.3 Å². The number of halogens is 4. The third-order valence-corrected chi connectivity index (χ3v) is 3.20. The van der Waals surface area contributed by atoms with Gasteiger partial charge >= 0.3 is 0 Å². The van der Waals surface area contributed by atoms with Crippen LogP contribution in [0.25, 0.3) is 0 Å². The molecule has 94 valence electrons. The molecule has 18 heavy (non-hydrogen) atoms. The number of anilines is 2. The summed E-state index contributed by atoms with van der Waals surface area (Å²) in [5.41, 5.74) is 1.19. The Hall–Kier alpha value is -1.10. The van der Waals surface area contributed by atoms with Gasteiger partial charge < -0.3 is 5.32 Å². The van der Waals surface area contributed by atoms with Gasteiger partial charge in [-0.1, -0.05) is 34.8 Å². The van der Waals surface area contributed by atoms with Crippen LogP contribution in [-0.2, 0) is 0 Å². The molecule has 1 aromatic heterocycles. The van der Waals surface area contributed by atoms with Gasteiger partial charge in [0.2, 0.25) is 0 Å². The highest BCUT2D eigenvalue weighted by molar-refractivity contribution is 6.35. The summed E-state index contributed by atoms with van der Waals surface area (Å²) in [5.74, 6) is -0.143. The number of nitrogens with one attached hydrogen (secondary N) is 1. The van der Waals surface area contributed by atoms with Crippen molar-refractivity contribution in [2.75, 3.05) is 5.32 Å². The van der Waals surface area contributed by atoms with E-state index in [0.717, 1.165) is 0 Å². The Morgan fingerprint density at radius 2 is 1.72 bits per heavy atom. The van der Waals surface area contributed by atoms with E-state index in [9.17, 15) is 4.39 Å². The summed E-state index contributed by atoms with van der Waals surface area (Å²) in [6, 6.07) is 2.83. The summed E-state index contributed by atoms with van der Waals surface area (Å²) in [6.45, 7) is 1.76. The molecule has 0 aliphatic carbocycles. The van der Waals surface area contributed by atoms with E-state index in [2.05, 4.69) is 15.3 Å². The first-order chi connectivity index (χ1) is 8.49. The molecule has 0 amide bonds. The molecule has 0 unspecified atom stereocenters. The lowest BCUT2D eigenvalue weighted by molar-refractivity contribution is 0.629. The number of benzene rings is 1. The van der Waals surface area contributed by atoms with Gasteiger partial charge in [0, 0.05) is 11.3 Å². The molecular formula is C11H7Cl3FN3. The van der Waals surface area contributed by atoms with Crippen LogP contribution in [0.1, 0.15) is 5.56 Å². The highest BCUT2D eigenvalue weighted by Gasteiger charge is 2.10. The van der Waals surface area contributed by atoms with Crippen LogP contribution < -0.4 is 5.32 Å². The van der Waals surface area contributed by atoms with E-state index in [4.69, 9.17) is 34.8 Å². The lowest BCUT2D eigenvalue weighted by Crippen LogP contribution is -1.98. The molecule has 0 saturated heterocycles. The summed E-state index contributed by atoms with van der Waals surface area (Å²) in [6.07, 6.45) is 1.32. The summed E-state index contributed by atoms with van der Waals surface area (Å²) >= 11 is 17.3. The molecule has 0 radical (unpaired) electrons. The Morgan fingerprint density at radius 3 is 2.33 bits per heavy atom. The average Bonchev–Trinajstić information content (AvgIpc) is 2.32. The zero-order chi connectivity index (χ0) is 13.3. The molecule has 0 aliphatic heterocycles. The quantitative estimate of drug-likeness (QED) is 0.649. The number of nitrogens with zero attached hydrogens (tertiary/aromatic N) is 2. The SMILES string of the molecule is Cc1c(Cl)ncnc1Nc1cc(Cl)c(F)c(Cl)c1. The molecule has 0 bridgehead atoms. The van der Waals surface area contributed by atoms with Crippen LogP contribution in [0.15, 0.2) is 18.5 Å². The van der Waals surface area contributed by atoms with Gasteiger partial charge in [-0.15, -0.1) is 0 Å². The number of hydrogen-bond donors (Lipinski definition) is 1. The fraction of sp³-hybridized carbons (Fsp3) is 0.0909. The van der Waals surface area contributed by atoms with E-state index in [-0.39, 0.29) is 10.0 Å². The second-order valence-corrected chi connectivity index (χ2v) is 4.69. The van der Waals surface area contributed by atoms with Crippen LogP contribution in [0.4, 0.5) is 15.9 Å². The van der Waals surface area contributed by atoms with Gasteiger partial charge in [-0.05, 0) is 19.1 Å². The minimum Gasteiger partial charge on any atom is -0.340 e. The third kappa shape index (κ3) is 2.66. The lowest BCUT2D eigenvalue weighted by Gasteiger charge is -2.10. The number of rotatable bonds is 2. The van der Waals surface area contributed by atoms with Crippen LogP contribution in [0, 0.1) is 12.7 Å². The molecule has 7 heteroatoms. The highest BCUT2D eigenvalue weighted by Crippen LogP contribution is 2.30. The molecule has 2 rings (SSSR count). The molecule has 0 atom stereocenters. The standard InChI is InChI=1S/C11H7Cl3FN3/c1-5-10(14)16-4-17-11(5)18-6-2-7(12)9(15)8(13)3-6/h2-4H,1H3,(H,16,17,18). The second kappa shape index (κ2) is 5.26. The molecule has 1 N–H and O–H groups in total. The van der Waals surface area contributed by atoms with Crippen molar-refractivity contribution in [2.24, 2.45) is 0 Å². The van der Waals surface area contributed by atoms with Gasteiger partial charge in [0.1, 0.15) is 17.3 Å². The van der Waals surface area contributed by atoms with E-state index in [1.54, 1.807) is 6.92 Å². The fourth-order valence-corrected chi connectivity index (χ4v) is 1.94. The maximum atomic E-state index is 13.3. The summed E-state index contributed by atoms with van der Waals surface area (Å²) in [5, 5.41) is 3.16. The van der Waals surface area contributed by atoms with E-state index in [1.165, 1.54) is 18.5 Å². The van der Waals surface area contributed by atoms with Gasteiger partial charge in [0.05, 0.1) is 10.0 Å². The number of hydrogen-bond acceptors (Lipinski definition) is 3. The Labute approximate surface area is 118 Å². The van der Waals surface area contributed by atoms with Gasteiger partial charge in [0.15, 0.2) is 5.82 Å². The van der Waals surface area contributed by atoms with Crippen LogP contribution in [-0.4, -0.2) is 9.97 Å². The fourth-order valence-electron chi connectivity index (χ4n) is 1.32. The first-order valence-corrected chi connectivity index (χ1v) is 6.01. The second-order valence-electron chi connectivity index (χ2n) is 3.52. The highest BCUT2D eigenvalue weighted by atomic mass is 35.5. The summed E-state index contributed by atoms with van der Waals surface area (Å²) < 4.78 is 13.3. The first kappa shape index (κ1) is 13.3. The van der Waals surface area contributed by atoms with Gasteiger partial charge in [0.25, 0.3) is 0 Å². The summed E-state index contributed by atoms with van der Waals surface area (Å²) in [4.78, 5) is 7.86. The van der Waals surface area contributed by atoms with Crippen molar-refractivity contribution < 1.29 is 4.39 Å². The van der Waals surface area contributed by atoms with Crippen molar-refractivity contribution in [3.63, 3.8) is 0 Å². The molecule has 1 heterocycles. The van der Waals surface area contributed by atoms with E-state index in [0.29, 0.717) is 22.2 Å². The Morgan fingerprint density at radius 1 is 1.11 bits per heavy atom. The van der Waals surface area contributed by atoms with Crippen molar-refractivity contribution in [2.45, 2.75) is 6.92 Å². The molecule has 3 nitrogen and oxygen atoms in total. The maximum Gasteiger partial charge on any atom is 0.160 e. The maximum absolute atomic E-state index is 13.3. The zero-order valence-electron chi connectivity index (χ0n) is 9.14. The van der Waals surface area contributed by atoms with Crippen LogP contribution >= 0.6 is 34.8 Å². The van der Waals surface area contributed by atoms with Gasteiger partial charge in [-0.2, -0.15) is 0 Å².